The molecule has 4 aliphatic rings. The van der Waals surface area contributed by atoms with Gasteiger partial charge in [-0.25, -0.2) is 4.39 Å². The van der Waals surface area contributed by atoms with Crippen LogP contribution in [0.15, 0.2) is 40.9 Å². The van der Waals surface area contributed by atoms with Gasteiger partial charge in [-0.1, -0.05) is 11.2 Å². The minimum absolute atomic E-state index is 0.0172. The smallest absolute Gasteiger partial charge is 0.263 e. The van der Waals surface area contributed by atoms with Crippen molar-refractivity contribution < 1.29 is 32.9 Å². The van der Waals surface area contributed by atoms with E-state index in [1.165, 1.54) is 18.2 Å². The highest BCUT2D eigenvalue weighted by Gasteiger charge is 2.46. The predicted octanol–water partition coefficient (Wildman–Crippen LogP) is 1.79. The summed E-state index contributed by atoms with van der Waals surface area (Å²) in [7, 11) is 0. The largest absolute Gasteiger partial charge is 0.354 e. The molecule has 7 rings (SSSR count). The Hall–Kier alpha value is -4.65. The number of piperazine rings is 1. The van der Waals surface area contributed by atoms with Gasteiger partial charge in [-0.2, -0.15) is 0 Å². The molecule has 43 heavy (non-hydrogen) atoms. The molecule has 0 radical (unpaired) electrons. The number of hydrogen-bond donors (Lipinski definition) is 1. The van der Waals surface area contributed by atoms with E-state index in [2.05, 4.69) is 20.3 Å². The zero-order valence-corrected chi connectivity index (χ0v) is 23.3. The predicted molar refractivity (Wildman–Crippen MR) is 150 cm³/mol. The highest BCUT2D eigenvalue weighted by atomic mass is 19.1. The number of imide groups is 2. The fourth-order valence-corrected chi connectivity index (χ4v) is 6.72. The maximum absolute atomic E-state index is 13.6. The van der Waals surface area contributed by atoms with E-state index >= 15 is 0 Å². The van der Waals surface area contributed by atoms with E-state index in [9.17, 15) is 28.4 Å². The molecule has 5 heterocycles. The van der Waals surface area contributed by atoms with Crippen molar-refractivity contribution in [1.29, 1.82) is 0 Å². The van der Waals surface area contributed by atoms with Gasteiger partial charge in [-0.05, 0) is 43.5 Å². The maximum atomic E-state index is 13.6. The molecule has 3 aromatic rings. The Balaban J connectivity index is 0.988. The van der Waals surface area contributed by atoms with Crippen molar-refractivity contribution >= 4 is 46.3 Å². The number of carbonyl (C=O) groups is 5. The van der Waals surface area contributed by atoms with E-state index in [4.69, 9.17) is 4.52 Å². The molecule has 0 bridgehead atoms. The lowest BCUT2D eigenvalue weighted by Crippen LogP contribution is -2.54. The molecule has 2 aromatic carbocycles. The van der Waals surface area contributed by atoms with E-state index in [0.717, 1.165) is 55.1 Å². The molecule has 12 nitrogen and oxygen atoms in total. The minimum Gasteiger partial charge on any atom is -0.354 e. The zero-order chi connectivity index (χ0) is 29.8. The molecule has 0 saturated carbocycles. The van der Waals surface area contributed by atoms with Gasteiger partial charge in [0, 0.05) is 57.8 Å². The standard InChI is InChI=1S/C30H29FN6O6/c31-17-4-5-19-23(16-17)43-33-26(19)35-14-12-34(13-15-35)18-8-10-36(11-9-18)28(40)20-2-1-3-21-25(20)30(42)37(29(21)41)22-6-7-24(38)32-27(22)39/h1-5,16,18,22H,6-15H2,(H,32,38,39). The number of nitrogens with one attached hydrogen (secondary N) is 1. The molecule has 3 fully saturated rings. The number of halogens is 1. The number of aromatic nitrogens is 1. The first-order valence-electron chi connectivity index (χ1n) is 14.5. The molecule has 0 aliphatic carbocycles. The first-order chi connectivity index (χ1) is 20.8. The molecule has 4 aliphatic heterocycles. The number of nitrogens with zero attached hydrogens (tertiary/aromatic N) is 5. The van der Waals surface area contributed by atoms with Crippen LogP contribution in [0.4, 0.5) is 10.2 Å². The maximum Gasteiger partial charge on any atom is 0.263 e. The summed E-state index contributed by atoms with van der Waals surface area (Å²) in [4.78, 5) is 71.4. The minimum atomic E-state index is -1.09. The van der Waals surface area contributed by atoms with Crippen LogP contribution >= 0.6 is 0 Å². The van der Waals surface area contributed by atoms with E-state index < -0.39 is 29.7 Å². The lowest BCUT2D eigenvalue weighted by molar-refractivity contribution is -0.136. The van der Waals surface area contributed by atoms with Gasteiger partial charge in [0.25, 0.3) is 17.7 Å². The van der Waals surface area contributed by atoms with Crippen molar-refractivity contribution in [2.45, 2.75) is 37.8 Å². The van der Waals surface area contributed by atoms with E-state index in [1.807, 2.05) is 0 Å². The third-order valence-corrected chi connectivity index (χ3v) is 9.00. The average molecular weight is 589 g/mol. The Morgan fingerprint density at radius 3 is 2.44 bits per heavy atom. The number of likely N-dealkylation sites (tertiary alicyclic amines) is 1. The Morgan fingerprint density at radius 2 is 1.70 bits per heavy atom. The van der Waals surface area contributed by atoms with Crippen LogP contribution in [0.2, 0.25) is 0 Å². The van der Waals surface area contributed by atoms with Gasteiger partial charge in [0.2, 0.25) is 11.8 Å². The number of fused-ring (bicyclic) bond motifs is 2. The molecule has 0 spiro atoms. The monoisotopic (exact) mass is 588 g/mol. The van der Waals surface area contributed by atoms with E-state index in [1.54, 1.807) is 23.1 Å². The summed E-state index contributed by atoms with van der Waals surface area (Å²) in [5.74, 6) is -2.41. The number of carbonyl (C=O) groups excluding carboxylic acids is 5. The fraction of sp³-hybridized carbons (Fsp3) is 0.400. The summed E-state index contributed by atoms with van der Waals surface area (Å²) in [5.41, 5.74) is 0.688. The van der Waals surface area contributed by atoms with Crippen LogP contribution in [0.5, 0.6) is 0 Å². The summed E-state index contributed by atoms with van der Waals surface area (Å²) in [6, 6.07) is 8.25. The van der Waals surface area contributed by atoms with Crippen molar-refractivity contribution in [3.8, 4) is 0 Å². The highest BCUT2D eigenvalue weighted by molar-refractivity contribution is 6.26. The fourth-order valence-electron chi connectivity index (χ4n) is 6.72. The summed E-state index contributed by atoms with van der Waals surface area (Å²) in [6.07, 6.45) is 1.61. The Morgan fingerprint density at radius 1 is 0.930 bits per heavy atom. The number of hydrogen-bond acceptors (Lipinski definition) is 9. The van der Waals surface area contributed by atoms with Crippen LogP contribution < -0.4 is 10.2 Å². The summed E-state index contributed by atoms with van der Waals surface area (Å²) >= 11 is 0. The molecule has 13 heteroatoms. The molecule has 3 saturated heterocycles. The molecular formula is C30H29FN6O6. The number of amides is 5. The van der Waals surface area contributed by atoms with Gasteiger partial charge >= 0.3 is 0 Å². The van der Waals surface area contributed by atoms with E-state index in [-0.39, 0.29) is 41.3 Å². The Labute approximate surface area is 245 Å². The lowest BCUT2D eigenvalue weighted by atomic mass is 9.98. The van der Waals surface area contributed by atoms with E-state index in [0.29, 0.717) is 24.7 Å². The van der Waals surface area contributed by atoms with Crippen LogP contribution in [0.1, 0.15) is 56.8 Å². The normalized spacial score (nSPS) is 22.0. The van der Waals surface area contributed by atoms with Crippen LogP contribution in [0.25, 0.3) is 11.0 Å². The summed E-state index contributed by atoms with van der Waals surface area (Å²) < 4.78 is 18.9. The third-order valence-electron chi connectivity index (χ3n) is 9.00. The van der Waals surface area contributed by atoms with Crippen LogP contribution in [-0.2, 0) is 9.59 Å². The molecule has 1 unspecified atom stereocenters. The van der Waals surface area contributed by atoms with Gasteiger partial charge in [-0.3, -0.25) is 39.1 Å². The average Bonchev–Trinajstić information content (AvgIpc) is 3.55. The quantitative estimate of drug-likeness (QED) is 0.453. The van der Waals surface area contributed by atoms with Crippen LogP contribution in [0, 0.1) is 5.82 Å². The molecular weight excluding hydrogens is 559 g/mol. The van der Waals surface area contributed by atoms with Crippen molar-refractivity contribution in [2.24, 2.45) is 0 Å². The molecule has 1 aromatic heterocycles. The second kappa shape index (κ2) is 10.6. The third kappa shape index (κ3) is 4.63. The Bertz CT molecular complexity index is 1670. The lowest BCUT2D eigenvalue weighted by Gasteiger charge is -2.42. The Kier molecular flexibility index (Phi) is 6.68. The number of piperidine rings is 2. The summed E-state index contributed by atoms with van der Waals surface area (Å²) in [5, 5.41) is 7.14. The molecule has 1 atom stereocenters. The SMILES string of the molecule is O=C1CCC(N2C(=O)c3cccc(C(=O)N4CCC(N5CCN(c6noc7cc(F)ccc67)CC5)CC4)c3C2=O)C(=O)N1. The van der Waals surface area contributed by atoms with Crippen molar-refractivity contribution in [1.82, 2.24) is 25.2 Å². The first-order valence-corrected chi connectivity index (χ1v) is 14.5. The number of anilines is 1. The second-order valence-electron chi connectivity index (χ2n) is 11.4. The molecule has 5 amide bonds. The number of benzene rings is 2. The van der Waals surface area contributed by atoms with Gasteiger partial charge in [-0.15, -0.1) is 0 Å². The summed E-state index contributed by atoms with van der Waals surface area (Å²) in [6.45, 7) is 4.13. The van der Waals surface area contributed by atoms with Gasteiger partial charge in [0.1, 0.15) is 11.9 Å². The molecule has 1 N–H and O–H groups in total. The van der Waals surface area contributed by atoms with Crippen LogP contribution in [-0.4, -0.2) is 101 Å². The number of rotatable bonds is 4. The van der Waals surface area contributed by atoms with Crippen molar-refractivity contribution in [2.75, 3.05) is 44.2 Å². The zero-order valence-electron chi connectivity index (χ0n) is 23.3. The highest BCUT2D eigenvalue weighted by Crippen LogP contribution is 2.32. The van der Waals surface area contributed by atoms with Crippen molar-refractivity contribution in [3.05, 3.63) is 58.9 Å². The van der Waals surface area contributed by atoms with Gasteiger partial charge < -0.3 is 14.3 Å². The topological polar surface area (TPSA) is 136 Å². The van der Waals surface area contributed by atoms with Crippen molar-refractivity contribution in [3.63, 3.8) is 0 Å². The van der Waals surface area contributed by atoms with Gasteiger partial charge in [0.15, 0.2) is 11.4 Å². The first kappa shape index (κ1) is 27.2. The van der Waals surface area contributed by atoms with Crippen LogP contribution in [0.3, 0.4) is 0 Å². The second-order valence-corrected chi connectivity index (χ2v) is 11.4. The molecule has 222 valence electrons. The van der Waals surface area contributed by atoms with Gasteiger partial charge in [0.05, 0.1) is 22.1 Å².